The summed E-state index contributed by atoms with van der Waals surface area (Å²) in [5.41, 5.74) is 10.1. The number of aryl methyl sites for hydroxylation is 3. The van der Waals surface area contributed by atoms with Crippen LogP contribution in [0.5, 0.6) is 5.75 Å². The number of imidazole rings is 2. The van der Waals surface area contributed by atoms with Crippen molar-refractivity contribution in [2.75, 3.05) is 0 Å². The molecule has 0 fully saturated rings. The second kappa shape index (κ2) is 13.7. The summed E-state index contributed by atoms with van der Waals surface area (Å²) in [6.07, 6.45) is 1.84. The first kappa shape index (κ1) is 32.3. The maximum Gasteiger partial charge on any atom is 0.344 e. The van der Waals surface area contributed by atoms with Crippen LogP contribution in [0.25, 0.3) is 44.6 Å². The topological polar surface area (TPSA) is 114 Å². The van der Waals surface area contributed by atoms with E-state index < -0.39 is 11.1 Å². The number of fused-ring (bicyclic) bond motifs is 2. The van der Waals surface area contributed by atoms with Gasteiger partial charge in [-0.05, 0) is 83.6 Å². The second-order valence-electron chi connectivity index (χ2n) is 12.3. The number of nitrogens with zero attached hydrogens (tertiary/aromatic N) is 5. The lowest BCUT2D eigenvalue weighted by molar-refractivity contribution is -0.763. The quantitative estimate of drug-likeness (QED) is 0.0589. The molecule has 0 saturated heterocycles. The molecule has 0 unspecified atom stereocenters. The van der Waals surface area contributed by atoms with Crippen molar-refractivity contribution < 1.29 is 19.5 Å². The molecule has 7 rings (SSSR count). The fourth-order valence-corrected chi connectivity index (χ4v) is 6.39. The summed E-state index contributed by atoms with van der Waals surface area (Å²) in [5, 5.41) is 9.63. The number of para-hydroxylation sites is 2. The number of esters is 1. The van der Waals surface area contributed by atoms with E-state index in [-0.39, 0.29) is 6.61 Å². The van der Waals surface area contributed by atoms with E-state index in [2.05, 4.69) is 65.2 Å². The zero-order valence-electron chi connectivity index (χ0n) is 28.0. The van der Waals surface area contributed by atoms with Crippen molar-refractivity contribution in [1.82, 2.24) is 19.1 Å². The molecule has 0 atom stereocenters. The predicted molar refractivity (Wildman–Crippen MR) is 192 cm³/mol. The van der Waals surface area contributed by atoms with Crippen molar-refractivity contribution in [3.05, 3.63) is 147 Å². The molecular weight excluding hydrogens is 630 g/mol. The molecule has 10 heteroatoms. The van der Waals surface area contributed by atoms with E-state index in [0.29, 0.717) is 23.4 Å². The molecule has 0 aliphatic rings. The Morgan fingerprint density at radius 1 is 0.840 bits per heavy atom. The van der Waals surface area contributed by atoms with Crippen LogP contribution in [0.15, 0.2) is 109 Å². The summed E-state index contributed by atoms with van der Waals surface area (Å²) in [6, 6.07) is 34.5. The van der Waals surface area contributed by atoms with Crippen LogP contribution in [0, 0.1) is 17.0 Å². The van der Waals surface area contributed by atoms with Crippen LogP contribution in [-0.2, 0) is 31.5 Å². The average molecular weight is 666 g/mol. The van der Waals surface area contributed by atoms with E-state index in [1.807, 2.05) is 42.5 Å². The standard InChI is InChI=1S/C40H35N5O5/c1-4-9-37-42-38-26(2)22-30(39-41-34-12-7-8-13-35(34)43(39)3)23-36(38)44(37)24-27-14-18-29(19-15-27)32-10-5-6-11-33(32)40(46)50-31-20-16-28(17-21-31)25-49-45(47)48/h5-8,10-23H,4,9,24-25H2,1-3H3. The molecule has 2 aromatic heterocycles. The zero-order chi connectivity index (χ0) is 34.8. The van der Waals surface area contributed by atoms with Crippen molar-refractivity contribution in [2.45, 2.75) is 39.8 Å². The highest BCUT2D eigenvalue weighted by Crippen LogP contribution is 2.31. The van der Waals surface area contributed by atoms with Gasteiger partial charge in [0.15, 0.2) is 0 Å². The fourth-order valence-electron chi connectivity index (χ4n) is 6.39. The number of hydrogen-bond donors (Lipinski definition) is 0. The molecule has 0 N–H and O–H groups in total. The van der Waals surface area contributed by atoms with Gasteiger partial charge in [0.1, 0.15) is 24.0 Å². The van der Waals surface area contributed by atoms with Gasteiger partial charge < -0.3 is 18.7 Å². The van der Waals surface area contributed by atoms with Gasteiger partial charge in [0.25, 0.3) is 5.09 Å². The fraction of sp³-hybridized carbons (Fsp3) is 0.175. The van der Waals surface area contributed by atoms with Crippen LogP contribution < -0.4 is 4.74 Å². The summed E-state index contributed by atoms with van der Waals surface area (Å²) in [7, 11) is 2.06. The second-order valence-corrected chi connectivity index (χ2v) is 12.3. The molecule has 0 aliphatic heterocycles. The average Bonchev–Trinajstić information content (AvgIpc) is 3.65. The Hall–Kier alpha value is -6.29. The van der Waals surface area contributed by atoms with Crippen molar-refractivity contribution >= 4 is 28.0 Å². The maximum absolute atomic E-state index is 13.3. The third kappa shape index (κ3) is 6.43. The van der Waals surface area contributed by atoms with E-state index in [1.165, 1.54) is 0 Å². The van der Waals surface area contributed by atoms with Gasteiger partial charge in [-0.2, -0.15) is 0 Å². The van der Waals surface area contributed by atoms with Gasteiger partial charge in [-0.1, -0.05) is 73.7 Å². The molecule has 0 saturated carbocycles. The molecular formula is C40H35N5O5. The first-order valence-electron chi connectivity index (χ1n) is 16.5. The zero-order valence-corrected chi connectivity index (χ0v) is 28.0. The lowest BCUT2D eigenvalue weighted by Gasteiger charge is -2.13. The number of ether oxygens (including phenoxy) is 1. The molecule has 2 heterocycles. The Labute approximate surface area is 288 Å². The first-order chi connectivity index (χ1) is 24.3. The normalized spacial score (nSPS) is 11.3. The minimum absolute atomic E-state index is 0.180. The van der Waals surface area contributed by atoms with Gasteiger partial charge in [-0.15, -0.1) is 10.1 Å². The van der Waals surface area contributed by atoms with Crippen LogP contribution >= 0.6 is 0 Å². The van der Waals surface area contributed by atoms with Gasteiger partial charge >= 0.3 is 5.97 Å². The molecule has 7 aromatic rings. The smallest absolute Gasteiger partial charge is 0.344 e. The summed E-state index contributed by atoms with van der Waals surface area (Å²) in [4.78, 5) is 38.2. The van der Waals surface area contributed by atoms with E-state index >= 15 is 0 Å². The van der Waals surface area contributed by atoms with Crippen LogP contribution in [0.2, 0.25) is 0 Å². The highest BCUT2D eigenvalue weighted by atomic mass is 16.9. The van der Waals surface area contributed by atoms with Crippen LogP contribution in [-0.4, -0.2) is 30.2 Å². The Morgan fingerprint density at radius 3 is 2.30 bits per heavy atom. The van der Waals surface area contributed by atoms with Crippen LogP contribution in [0.1, 0.15) is 46.2 Å². The Bertz CT molecular complexity index is 2360. The van der Waals surface area contributed by atoms with Gasteiger partial charge in [0.2, 0.25) is 0 Å². The summed E-state index contributed by atoms with van der Waals surface area (Å²) >= 11 is 0. The molecule has 0 aliphatic carbocycles. The monoisotopic (exact) mass is 665 g/mol. The summed E-state index contributed by atoms with van der Waals surface area (Å²) in [5.74, 6) is 1.79. The highest BCUT2D eigenvalue weighted by Gasteiger charge is 2.18. The molecule has 0 radical (unpaired) electrons. The third-order valence-electron chi connectivity index (χ3n) is 8.87. The van der Waals surface area contributed by atoms with Crippen molar-refractivity contribution in [2.24, 2.45) is 7.05 Å². The lowest BCUT2D eigenvalue weighted by Crippen LogP contribution is -2.10. The Kier molecular flexibility index (Phi) is 8.83. The first-order valence-corrected chi connectivity index (χ1v) is 16.5. The minimum atomic E-state index is -0.845. The third-order valence-corrected chi connectivity index (χ3v) is 8.87. The molecule has 250 valence electrons. The summed E-state index contributed by atoms with van der Waals surface area (Å²) < 4.78 is 10.1. The van der Waals surface area contributed by atoms with E-state index in [0.717, 1.165) is 74.4 Å². The number of benzene rings is 5. The number of hydrogen-bond acceptors (Lipinski definition) is 7. The number of carbonyl (C=O) groups is 1. The predicted octanol–water partition coefficient (Wildman–Crippen LogP) is 8.49. The van der Waals surface area contributed by atoms with E-state index in [1.54, 1.807) is 36.4 Å². The minimum Gasteiger partial charge on any atom is -0.423 e. The molecule has 0 spiro atoms. The molecule has 0 bridgehead atoms. The Balaban J connectivity index is 1.16. The summed E-state index contributed by atoms with van der Waals surface area (Å²) in [6.45, 7) is 4.75. The molecule has 0 amide bonds. The SMILES string of the molecule is CCCc1nc2c(C)cc(-c3nc4ccccc4n3C)cc2n1Cc1ccc(-c2ccccc2C(=O)Oc2ccc(CO[N+](=O)[O-])cc2)cc1. The van der Waals surface area contributed by atoms with E-state index in [4.69, 9.17) is 14.7 Å². The van der Waals surface area contributed by atoms with Gasteiger partial charge in [0, 0.05) is 25.6 Å². The molecule has 10 nitrogen and oxygen atoms in total. The van der Waals surface area contributed by atoms with Gasteiger partial charge in [0.05, 0.1) is 27.6 Å². The van der Waals surface area contributed by atoms with Crippen molar-refractivity contribution in [3.63, 3.8) is 0 Å². The highest BCUT2D eigenvalue weighted by molar-refractivity contribution is 5.98. The van der Waals surface area contributed by atoms with Gasteiger partial charge in [-0.25, -0.2) is 14.8 Å². The number of carbonyl (C=O) groups excluding carboxylic acids is 1. The van der Waals surface area contributed by atoms with Gasteiger partial charge in [-0.3, -0.25) is 0 Å². The number of aromatic nitrogens is 4. The van der Waals surface area contributed by atoms with Crippen LogP contribution in [0.3, 0.4) is 0 Å². The van der Waals surface area contributed by atoms with Crippen molar-refractivity contribution in [1.29, 1.82) is 0 Å². The maximum atomic E-state index is 13.3. The van der Waals surface area contributed by atoms with Crippen molar-refractivity contribution in [3.8, 4) is 28.3 Å². The largest absolute Gasteiger partial charge is 0.423 e. The van der Waals surface area contributed by atoms with Crippen LogP contribution in [0.4, 0.5) is 0 Å². The molecule has 5 aromatic carbocycles. The molecule has 50 heavy (non-hydrogen) atoms. The lowest BCUT2D eigenvalue weighted by atomic mass is 9.98. The van der Waals surface area contributed by atoms with E-state index in [9.17, 15) is 14.9 Å². The Morgan fingerprint density at radius 2 is 1.56 bits per heavy atom. The number of rotatable bonds is 11.